The van der Waals surface area contributed by atoms with Crippen LogP contribution in [0.25, 0.3) is 5.52 Å². The van der Waals surface area contributed by atoms with Crippen molar-refractivity contribution in [2.24, 2.45) is 5.92 Å². The Morgan fingerprint density at radius 2 is 2.09 bits per heavy atom. The minimum atomic E-state index is -0.267. The molecule has 0 unspecified atom stereocenters. The van der Waals surface area contributed by atoms with Crippen LogP contribution in [-0.4, -0.2) is 32.7 Å². The average molecular weight is 319 g/mol. The van der Waals surface area contributed by atoms with Crippen LogP contribution >= 0.6 is 0 Å². The Kier molecular flexibility index (Phi) is 4.06. The second kappa shape index (κ2) is 6.02. The first-order valence-electron chi connectivity index (χ1n) is 7.90. The summed E-state index contributed by atoms with van der Waals surface area (Å²) in [5, 5.41) is 4.24. The van der Waals surface area contributed by atoms with Crippen molar-refractivity contribution in [3.8, 4) is 0 Å². The third kappa shape index (κ3) is 2.69. The number of aromatic amines is 1. The quantitative estimate of drug-likeness (QED) is 0.816. The number of hydrogen-bond acceptors (Lipinski definition) is 6. The molecule has 0 saturated heterocycles. The number of esters is 1. The van der Waals surface area contributed by atoms with Gasteiger partial charge in [0.05, 0.1) is 18.7 Å². The maximum absolute atomic E-state index is 12.2. The SMILES string of the molecule is CCc1nc(C2CCC(C(=O)OC)CC2)n2nc(N)[nH]c(=O)c12. The largest absolute Gasteiger partial charge is 0.469 e. The van der Waals surface area contributed by atoms with E-state index in [4.69, 9.17) is 10.5 Å². The van der Waals surface area contributed by atoms with Gasteiger partial charge in [0.1, 0.15) is 5.82 Å². The zero-order valence-corrected chi connectivity index (χ0v) is 13.3. The third-order valence-electron chi connectivity index (χ3n) is 4.58. The average Bonchev–Trinajstić information content (AvgIpc) is 2.93. The molecule has 0 aromatic carbocycles. The van der Waals surface area contributed by atoms with Crippen LogP contribution < -0.4 is 11.3 Å². The van der Waals surface area contributed by atoms with E-state index in [2.05, 4.69) is 15.1 Å². The summed E-state index contributed by atoms with van der Waals surface area (Å²) in [5.41, 5.74) is 6.60. The van der Waals surface area contributed by atoms with Crippen molar-refractivity contribution >= 4 is 17.4 Å². The minimum Gasteiger partial charge on any atom is -0.469 e. The number of carbonyl (C=O) groups excluding carboxylic acids is 1. The Morgan fingerprint density at radius 1 is 1.39 bits per heavy atom. The van der Waals surface area contributed by atoms with Crippen LogP contribution in [0.3, 0.4) is 0 Å². The number of nitrogens with zero attached hydrogens (tertiary/aromatic N) is 3. The Hall–Kier alpha value is -2.38. The molecule has 3 rings (SSSR count). The Bertz CT molecular complexity index is 786. The lowest BCUT2D eigenvalue weighted by Gasteiger charge is -2.25. The lowest BCUT2D eigenvalue weighted by atomic mass is 9.81. The van der Waals surface area contributed by atoms with Gasteiger partial charge in [-0.25, -0.2) is 9.50 Å². The second-order valence-corrected chi connectivity index (χ2v) is 5.94. The first-order chi connectivity index (χ1) is 11.0. The lowest BCUT2D eigenvalue weighted by Crippen LogP contribution is -2.24. The number of carbonyl (C=O) groups is 1. The molecule has 0 bridgehead atoms. The number of nitrogens with one attached hydrogen (secondary N) is 1. The summed E-state index contributed by atoms with van der Waals surface area (Å²) >= 11 is 0. The monoisotopic (exact) mass is 319 g/mol. The number of nitrogens with two attached hydrogens (primary N) is 1. The molecule has 0 amide bonds. The van der Waals surface area contributed by atoms with Gasteiger partial charge in [0, 0.05) is 5.92 Å². The Labute approximate surface area is 133 Å². The third-order valence-corrected chi connectivity index (χ3v) is 4.58. The fraction of sp³-hybridized carbons (Fsp3) is 0.600. The van der Waals surface area contributed by atoms with Gasteiger partial charge >= 0.3 is 5.97 Å². The van der Waals surface area contributed by atoms with Gasteiger partial charge in [0.25, 0.3) is 5.56 Å². The van der Waals surface area contributed by atoms with Crippen molar-refractivity contribution in [1.82, 2.24) is 19.6 Å². The molecule has 2 aromatic heterocycles. The predicted molar refractivity (Wildman–Crippen MR) is 84.1 cm³/mol. The molecule has 1 fully saturated rings. The molecular formula is C15H21N5O3. The van der Waals surface area contributed by atoms with Gasteiger partial charge in [0.2, 0.25) is 5.95 Å². The molecular weight excluding hydrogens is 298 g/mol. The van der Waals surface area contributed by atoms with Gasteiger partial charge in [-0.05, 0) is 32.1 Å². The fourth-order valence-corrected chi connectivity index (χ4v) is 3.38. The van der Waals surface area contributed by atoms with Crippen LogP contribution in [-0.2, 0) is 16.0 Å². The maximum Gasteiger partial charge on any atom is 0.308 e. The van der Waals surface area contributed by atoms with Gasteiger partial charge in [-0.1, -0.05) is 6.92 Å². The van der Waals surface area contributed by atoms with Crippen molar-refractivity contribution in [2.45, 2.75) is 44.9 Å². The van der Waals surface area contributed by atoms with E-state index >= 15 is 0 Å². The number of rotatable bonds is 3. The number of H-pyrrole nitrogens is 1. The molecule has 0 atom stereocenters. The van der Waals surface area contributed by atoms with E-state index in [1.165, 1.54) is 7.11 Å². The van der Waals surface area contributed by atoms with Crippen molar-refractivity contribution in [3.63, 3.8) is 0 Å². The molecule has 1 aliphatic carbocycles. The van der Waals surface area contributed by atoms with Crippen LogP contribution in [0.2, 0.25) is 0 Å². The van der Waals surface area contributed by atoms with Gasteiger partial charge in [-0.15, -0.1) is 5.10 Å². The van der Waals surface area contributed by atoms with E-state index in [-0.39, 0.29) is 29.3 Å². The summed E-state index contributed by atoms with van der Waals surface area (Å²) in [5.74, 6) is 0.807. The van der Waals surface area contributed by atoms with Gasteiger partial charge in [-0.3, -0.25) is 14.6 Å². The van der Waals surface area contributed by atoms with Crippen LogP contribution in [0.15, 0.2) is 4.79 Å². The molecule has 1 saturated carbocycles. The molecule has 0 radical (unpaired) electrons. The molecule has 8 nitrogen and oxygen atoms in total. The van der Waals surface area contributed by atoms with E-state index in [0.717, 1.165) is 37.2 Å². The number of aryl methyl sites for hydroxylation is 1. The van der Waals surface area contributed by atoms with Crippen LogP contribution in [0.4, 0.5) is 5.95 Å². The normalized spacial score (nSPS) is 21.5. The number of aromatic nitrogens is 4. The van der Waals surface area contributed by atoms with Crippen molar-refractivity contribution in [3.05, 3.63) is 21.9 Å². The van der Waals surface area contributed by atoms with Crippen LogP contribution in [0.5, 0.6) is 0 Å². The van der Waals surface area contributed by atoms with Crippen LogP contribution in [0.1, 0.15) is 50.0 Å². The van der Waals surface area contributed by atoms with Gasteiger partial charge in [-0.2, -0.15) is 0 Å². The molecule has 124 valence electrons. The Balaban J connectivity index is 1.95. The number of anilines is 1. The number of methoxy groups -OCH3 is 1. The zero-order chi connectivity index (χ0) is 16.6. The Morgan fingerprint density at radius 3 is 2.70 bits per heavy atom. The van der Waals surface area contributed by atoms with E-state index < -0.39 is 0 Å². The number of nitrogen functional groups attached to an aromatic ring is 1. The molecule has 23 heavy (non-hydrogen) atoms. The zero-order valence-electron chi connectivity index (χ0n) is 13.3. The molecule has 8 heteroatoms. The summed E-state index contributed by atoms with van der Waals surface area (Å²) in [6.07, 6.45) is 3.79. The van der Waals surface area contributed by atoms with E-state index in [1.54, 1.807) is 4.52 Å². The first kappa shape index (κ1) is 15.5. The highest BCUT2D eigenvalue weighted by atomic mass is 16.5. The summed E-state index contributed by atoms with van der Waals surface area (Å²) in [4.78, 5) is 31.0. The van der Waals surface area contributed by atoms with E-state index in [0.29, 0.717) is 11.9 Å². The highest BCUT2D eigenvalue weighted by Crippen LogP contribution is 2.36. The molecule has 1 aliphatic rings. The number of imidazole rings is 1. The highest BCUT2D eigenvalue weighted by Gasteiger charge is 2.31. The van der Waals surface area contributed by atoms with E-state index in [1.807, 2.05) is 6.92 Å². The van der Waals surface area contributed by atoms with E-state index in [9.17, 15) is 9.59 Å². The standard InChI is InChI=1S/C15H21N5O3/c1-3-10-11-13(21)18-15(16)19-20(11)12(17-10)8-4-6-9(7-5-8)14(22)23-2/h8-9H,3-7H2,1-2H3,(H3,16,18,19,21). The first-order valence-corrected chi connectivity index (χ1v) is 7.90. The predicted octanol–water partition coefficient (Wildman–Crippen LogP) is 1.01. The second-order valence-electron chi connectivity index (χ2n) is 5.94. The van der Waals surface area contributed by atoms with Gasteiger partial charge < -0.3 is 10.5 Å². The minimum absolute atomic E-state index is 0.0467. The van der Waals surface area contributed by atoms with Crippen molar-refractivity contribution in [1.29, 1.82) is 0 Å². The number of ether oxygens (including phenoxy) is 1. The highest BCUT2D eigenvalue weighted by molar-refractivity contribution is 5.72. The molecule has 0 aliphatic heterocycles. The smallest absolute Gasteiger partial charge is 0.308 e. The lowest BCUT2D eigenvalue weighted by molar-refractivity contribution is -0.146. The van der Waals surface area contributed by atoms with Crippen molar-refractivity contribution < 1.29 is 9.53 Å². The van der Waals surface area contributed by atoms with Crippen molar-refractivity contribution in [2.75, 3.05) is 12.8 Å². The summed E-state index contributed by atoms with van der Waals surface area (Å²) in [6.45, 7) is 1.95. The molecule has 3 N–H and O–H groups in total. The molecule has 0 spiro atoms. The molecule has 2 heterocycles. The summed E-state index contributed by atoms with van der Waals surface area (Å²) in [7, 11) is 1.42. The maximum atomic E-state index is 12.2. The fourth-order valence-electron chi connectivity index (χ4n) is 3.38. The van der Waals surface area contributed by atoms with Gasteiger partial charge in [0.15, 0.2) is 5.52 Å². The number of hydrogen-bond donors (Lipinski definition) is 2. The summed E-state index contributed by atoms with van der Waals surface area (Å²) < 4.78 is 6.40. The van der Waals surface area contributed by atoms with Crippen LogP contribution in [0, 0.1) is 5.92 Å². The molecule has 2 aromatic rings. The number of fused-ring (bicyclic) bond motifs is 1. The topological polar surface area (TPSA) is 115 Å². The summed E-state index contributed by atoms with van der Waals surface area (Å²) in [6, 6.07) is 0.